The molecule has 0 spiro atoms. The number of aliphatic carboxylic acids is 1. The molecule has 0 aromatic carbocycles. The monoisotopic (exact) mass is 306 g/mol. The topological polar surface area (TPSA) is 95.5 Å². The zero-order valence-corrected chi connectivity index (χ0v) is 11.1. The van der Waals surface area contributed by atoms with Gasteiger partial charge < -0.3 is 5.11 Å². The van der Waals surface area contributed by atoms with Crippen molar-refractivity contribution in [2.45, 2.75) is 32.4 Å². The van der Waals surface area contributed by atoms with Crippen LogP contribution in [0.2, 0.25) is 0 Å². The maximum atomic E-state index is 11.8. The summed E-state index contributed by atoms with van der Waals surface area (Å²) < 4.78 is 61.0. The highest BCUT2D eigenvalue weighted by Crippen LogP contribution is 2.12. The second-order valence-corrected chi connectivity index (χ2v) is 5.74. The van der Waals surface area contributed by atoms with Crippen molar-refractivity contribution >= 4 is 16.2 Å². The average molecular weight is 306 g/mol. The highest BCUT2D eigenvalue weighted by molar-refractivity contribution is 7.87. The number of alkyl halides is 3. The van der Waals surface area contributed by atoms with E-state index in [1.54, 1.807) is 6.92 Å². The molecule has 0 rings (SSSR count). The lowest BCUT2D eigenvalue weighted by Gasteiger charge is -2.12. The molecule has 0 aromatic heterocycles. The average Bonchev–Trinajstić information content (AvgIpc) is 2.23. The lowest BCUT2D eigenvalue weighted by Crippen LogP contribution is -2.42. The summed E-state index contributed by atoms with van der Waals surface area (Å²) in [5.74, 6) is -0.985. The number of carboxylic acid groups (broad SMARTS) is 1. The molecular formula is C9H17F3N2O4S. The summed E-state index contributed by atoms with van der Waals surface area (Å²) in [7, 11) is -4.18. The molecule has 0 aliphatic carbocycles. The van der Waals surface area contributed by atoms with Crippen molar-refractivity contribution in [3.05, 3.63) is 0 Å². The van der Waals surface area contributed by atoms with Crippen LogP contribution in [0.4, 0.5) is 13.2 Å². The first kappa shape index (κ1) is 18.1. The Morgan fingerprint density at radius 1 is 1.26 bits per heavy atom. The van der Waals surface area contributed by atoms with Crippen LogP contribution < -0.4 is 9.44 Å². The maximum absolute atomic E-state index is 11.8. The van der Waals surface area contributed by atoms with Gasteiger partial charge in [-0.05, 0) is 18.8 Å². The minimum Gasteiger partial charge on any atom is -0.481 e. The lowest BCUT2D eigenvalue weighted by molar-refractivity contribution is -0.137. The first-order valence-corrected chi connectivity index (χ1v) is 7.03. The van der Waals surface area contributed by atoms with Gasteiger partial charge in [0, 0.05) is 13.0 Å². The Morgan fingerprint density at radius 2 is 1.84 bits per heavy atom. The molecule has 0 aromatic rings. The summed E-state index contributed by atoms with van der Waals surface area (Å²) in [5, 5.41) is 8.44. The van der Waals surface area contributed by atoms with Gasteiger partial charge in [-0.25, -0.2) is 4.72 Å². The largest absolute Gasteiger partial charge is 0.481 e. The van der Waals surface area contributed by atoms with Gasteiger partial charge >= 0.3 is 12.1 Å². The van der Waals surface area contributed by atoms with E-state index in [1.165, 1.54) is 4.72 Å². The van der Waals surface area contributed by atoms with Crippen molar-refractivity contribution < 1.29 is 31.5 Å². The first-order valence-electron chi connectivity index (χ1n) is 5.54. The Balaban J connectivity index is 3.89. The molecule has 114 valence electrons. The fourth-order valence-corrected chi connectivity index (χ4v) is 2.02. The molecule has 0 heterocycles. The summed E-state index contributed by atoms with van der Waals surface area (Å²) in [6.45, 7) is 0.0608. The minimum absolute atomic E-state index is 0.0275. The van der Waals surface area contributed by atoms with E-state index in [0.717, 1.165) is 0 Å². The van der Waals surface area contributed by atoms with Gasteiger partial charge in [0.15, 0.2) is 0 Å². The summed E-state index contributed by atoms with van der Waals surface area (Å²) >= 11 is 0. The molecule has 0 fully saturated rings. The van der Waals surface area contributed by atoms with Crippen LogP contribution in [0.1, 0.15) is 26.2 Å². The van der Waals surface area contributed by atoms with E-state index in [1.807, 2.05) is 4.72 Å². The van der Waals surface area contributed by atoms with Crippen LogP contribution in [0.25, 0.3) is 0 Å². The third kappa shape index (κ3) is 11.9. The molecule has 0 bridgehead atoms. The number of rotatable bonds is 9. The first-order chi connectivity index (χ1) is 8.52. The van der Waals surface area contributed by atoms with E-state index < -0.39 is 28.9 Å². The minimum atomic E-state index is -4.61. The normalized spacial score (nSPS) is 14.3. The van der Waals surface area contributed by atoms with Crippen molar-refractivity contribution in [1.29, 1.82) is 0 Å². The molecule has 1 atom stereocenters. The van der Waals surface area contributed by atoms with Crippen LogP contribution in [0.5, 0.6) is 0 Å². The van der Waals surface area contributed by atoms with Crippen molar-refractivity contribution in [1.82, 2.24) is 9.44 Å². The van der Waals surface area contributed by atoms with Gasteiger partial charge in [-0.1, -0.05) is 6.92 Å². The van der Waals surface area contributed by atoms with Crippen LogP contribution >= 0.6 is 0 Å². The number of nitrogens with one attached hydrogen (secondary N) is 2. The van der Waals surface area contributed by atoms with Gasteiger partial charge in [-0.2, -0.15) is 26.3 Å². The molecule has 0 amide bonds. The van der Waals surface area contributed by atoms with Gasteiger partial charge in [0.25, 0.3) is 10.2 Å². The highest BCUT2D eigenvalue weighted by Gasteiger charge is 2.29. The Kier molecular flexibility index (Phi) is 7.30. The van der Waals surface area contributed by atoms with Gasteiger partial charge in [0.05, 0.1) is 0 Å². The van der Waals surface area contributed by atoms with E-state index in [-0.39, 0.29) is 18.9 Å². The SMILES string of the molecule is CC(CCNS(=O)(=O)NCC(F)(F)F)CCC(=O)O. The second-order valence-electron chi connectivity index (χ2n) is 4.16. The molecule has 0 aliphatic rings. The molecular weight excluding hydrogens is 289 g/mol. The third-order valence-corrected chi connectivity index (χ3v) is 3.35. The molecule has 0 aliphatic heterocycles. The van der Waals surface area contributed by atoms with Gasteiger partial charge in [0.1, 0.15) is 6.54 Å². The molecule has 6 nitrogen and oxygen atoms in total. The fourth-order valence-electron chi connectivity index (χ4n) is 1.18. The Morgan fingerprint density at radius 3 is 2.32 bits per heavy atom. The Hall–Kier alpha value is -0.870. The van der Waals surface area contributed by atoms with Crippen LogP contribution in [-0.4, -0.2) is 38.8 Å². The lowest BCUT2D eigenvalue weighted by atomic mass is 10.0. The maximum Gasteiger partial charge on any atom is 0.402 e. The van der Waals surface area contributed by atoms with E-state index in [4.69, 9.17) is 5.11 Å². The summed E-state index contributed by atoms with van der Waals surface area (Å²) in [6.07, 6.45) is -3.91. The van der Waals surface area contributed by atoms with Crippen LogP contribution in [0.3, 0.4) is 0 Å². The molecule has 10 heteroatoms. The third-order valence-electron chi connectivity index (χ3n) is 2.24. The van der Waals surface area contributed by atoms with Gasteiger partial charge in [0.2, 0.25) is 0 Å². The van der Waals surface area contributed by atoms with Gasteiger partial charge in [-0.3, -0.25) is 4.79 Å². The predicted octanol–water partition coefficient (Wildman–Crippen LogP) is 0.864. The highest BCUT2D eigenvalue weighted by atomic mass is 32.2. The number of carboxylic acids is 1. The molecule has 1 unspecified atom stereocenters. The standard InChI is InChI=1S/C9H17F3N2O4S/c1-7(2-3-8(15)16)4-5-13-19(17,18)14-6-9(10,11)12/h7,13-14H,2-6H2,1H3,(H,15,16). The molecule has 0 saturated carbocycles. The number of hydrogen-bond donors (Lipinski definition) is 3. The zero-order chi connectivity index (χ0) is 15.1. The molecule has 0 saturated heterocycles. The summed E-state index contributed by atoms with van der Waals surface area (Å²) in [6, 6.07) is 0. The van der Waals surface area contributed by atoms with Crippen LogP contribution in [0, 0.1) is 5.92 Å². The van der Waals surface area contributed by atoms with E-state index in [0.29, 0.717) is 12.8 Å². The smallest absolute Gasteiger partial charge is 0.402 e. The van der Waals surface area contributed by atoms with Crippen molar-refractivity contribution in [3.63, 3.8) is 0 Å². The van der Waals surface area contributed by atoms with Crippen molar-refractivity contribution in [2.24, 2.45) is 5.92 Å². The van der Waals surface area contributed by atoms with Crippen molar-refractivity contribution in [2.75, 3.05) is 13.1 Å². The summed E-state index contributed by atoms with van der Waals surface area (Å²) in [4.78, 5) is 10.3. The molecule has 19 heavy (non-hydrogen) atoms. The quantitative estimate of drug-likeness (QED) is 0.589. The second kappa shape index (κ2) is 7.65. The van der Waals surface area contributed by atoms with E-state index >= 15 is 0 Å². The predicted molar refractivity (Wildman–Crippen MR) is 61.6 cm³/mol. The Bertz CT molecular complexity index is 383. The number of hydrogen-bond acceptors (Lipinski definition) is 3. The molecule has 0 radical (unpaired) electrons. The van der Waals surface area contributed by atoms with Gasteiger partial charge in [-0.15, -0.1) is 0 Å². The van der Waals surface area contributed by atoms with E-state index in [9.17, 15) is 26.4 Å². The van der Waals surface area contributed by atoms with E-state index in [2.05, 4.69) is 0 Å². The van der Waals surface area contributed by atoms with Crippen LogP contribution in [-0.2, 0) is 15.0 Å². The Labute approximate surface area is 109 Å². The number of halogens is 3. The summed E-state index contributed by atoms with van der Waals surface area (Å²) in [5.41, 5.74) is 0. The fraction of sp³-hybridized carbons (Fsp3) is 0.889. The number of carbonyl (C=O) groups is 1. The zero-order valence-electron chi connectivity index (χ0n) is 10.3. The van der Waals surface area contributed by atoms with Crippen molar-refractivity contribution in [3.8, 4) is 0 Å². The van der Waals surface area contributed by atoms with Crippen LogP contribution in [0.15, 0.2) is 0 Å². The molecule has 3 N–H and O–H groups in total.